The summed E-state index contributed by atoms with van der Waals surface area (Å²) in [7, 11) is 0. The topological polar surface area (TPSA) is 70.0 Å². The molecule has 5 heteroatoms. The molecule has 0 spiro atoms. The number of amides is 1. The van der Waals surface area contributed by atoms with Crippen LogP contribution < -0.4 is 0 Å². The first-order valence-corrected chi connectivity index (χ1v) is 3.28. The van der Waals surface area contributed by atoms with Crippen molar-refractivity contribution in [1.82, 2.24) is 4.90 Å². The minimum atomic E-state index is -0.718. The summed E-state index contributed by atoms with van der Waals surface area (Å²) < 4.78 is 4.24. The molecule has 2 N–H and O–H groups in total. The van der Waals surface area contributed by atoms with Crippen LogP contribution in [-0.4, -0.2) is 40.8 Å². The number of carbonyl (C=O) groups excluding carboxylic acids is 1. The summed E-state index contributed by atoms with van der Waals surface area (Å²) in [6, 6.07) is -0.140. The molecule has 0 unspecified atom stereocenters. The van der Waals surface area contributed by atoms with Crippen LogP contribution >= 0.6 is 0 Å². The van der Waals surface area contributed by atoms with Crippen molar-refractivity contribution in [3.05, 3.63) is 0 Å². The molecule has 0 rings (SSSR count). The minimum Gasteiger partial charge on any atom is -0.422 e. The second-order valence-electron chi connectivity index (χ2n) is 2.24. The van der Waals surface area contributed by atoms with E-state index in [9.17, 15) is 4.79 Å². The van der Waals surface area contributed by atoms with E-state index in [0.717, 1.165) is 4.90 Å². The summed E-state index contributed by atoms with van der Waals surface area (Å²) in [5.41, 5.74) is 0. The van der Waals surface area contributed by atoms with Crippen LogP contribution in [0.5, 0.6) is 0 Å². The van der Waals surface area contributed by atoms with Crippen LogP contribution in [0.4, 0.5) is 4.79 Å². The van der Waals surface area contributed by atoms with Gasteiger partial charge in [-0.25, -0.2) is 4.79 Å². The number of aliphatic hydroxyl groups is 2. The van der Waals surface area contributed by atoms with Crippen molar-refractivity contribution in [1.29, 1.82) is 0 Å². The predicted octanol–water partition coefficient (Wildman–Crippen LogP) is -0.267. The Morgan fingerprint density at radius 2 is 2.09 bits per heavy atom. The molecule has 0 aliphatic carbocycles. The molecule has 11 heavy (non-hydrogen) atoms. The predicted molar refractivity (Wildman–Crippen MR) is 37.6 cm³/mol. The molecule has 0 atom stereocenters. The van der Waals surface area contributed by atoms with Gasteiger partial charge < -0.3 is 14.9 Å². The first-order valence-electron chi connectivity index (χ1n) is 3.28. The van der Waals surface area contributed by atoms with Crippen molar-refractivity contribution in [2.75, 3.05) is 13.5 Å². The van der Waals surface area contributed by atoms with E-state index in [1.807, 2.05) is 0 Å². The number of hydrogen-bond acceptors (Lipinski definition) is 4. The van der Waals surface area contributed by atoms with Crippen molar-refractivity contribution in [2.24, 2.45) is 0 Å². The molecule has 5 nitrogen and oxygen atoms in total. The molecule has 0 saturated carbocycles. The fourth-order valence-electron chi connectivity index (χ4n) is 0.570. The second kappa shape index (κ2) is 4.92. The van der Waals surface area contributed by atoms with Gasteiger partial charge in [-0.3, -0.25) is 4.90 Å². The largest absolute Gasteiger partial charge is 0.422 e. The van der Waals surface area contributed by atoms with Gasteiger partial charge in [0.25, 0.3) is 0 Å². The van der Waals surface area contributed by atoms with Gasteiger partial charge in [-0.1, -0.05) is 0 Å². The molecule has 0 radical (unpaired) electrons. The van der Waals surface area contributed by atoms with E-state index in [1.165, 1.54) is 0 Å². The molecule has 1 amide bonds. The minimum absolute atomic E-state index is 0.140. The summed E-state index contributed by atoms with van der Waals surface area (Å²) >= 11 is 0. The smallest absolute Gasteiger partial charge is 0.413 e. The molecule has 0 aromatic carbocycles. The van der Waals surface area contributed by atoms with Crippen LogP contribution in [0.15, 0.2) is 0 Å². The molecule has 0 aromatic heterocycles. The zero-order valence-electron chi connectivity index (χ0n) is 6.65. The van der Waals surface area contributed by atoms with Gasteiger partial charge >= 0.3 is 6.09 Å². The van der Waals surface area contributed by atoms with E-state index < -0.39 is 19.6 Å². The maximum Gasteiger partial charge on any atom is 0.413 e. The second-order valence-corrected chi connectivity index (χ2v) is 2.24. The Hall–Kier alpha value is -0.810. The van der Waals surface area contributed by atoms with E-state index in [4.69, 9.17) is 10.2 Å². The molecular weight excluding hydrogens is 150 g/mol. The van der Waals surface area contributed by atoms with Crippen molar-refractivity contribution in [3.8, 4) is 0 Å². The number of carbonyl (C=O) groups is 1. The quantitative estimate of drug-likeness (QED) is 0.562. The van der Waals surface area contributed by atoms with Crippen LogP contribution in [0.3, 0.4) is 0 Å². The number of hydrogen-bond donors (Lipinski definition) is 2. The van der Waals surface area contributed by atoms with E-state index >= 15 is 0 Å². The Balaban J connectivity index is 3.92. The van der Waals surface area contributed by atoms with Crippen LogP contribution in [0, 0.1) is 0 Å². The molecule has 0 aromatic rings. The van der Waals surface area contributed by atoms with Gasteiger partial charge in [-0.15, -0.1) is 0 Å². The summed E-state index contributed by atoms with van der Waals surface area (Å²) in [4.78, 5) is 11.9. The van der Waals surface area contributed by atoms with Gasteiger partial charge in [0.1, 0.15) is 6.73 Å². The summed E-state index contributed by atoms with van der Waals surface area (Å²) in [6.45, 7) is 2.39. The van der Waals surface area contributed by atoms with Crippen molar-refractivity contribution in [3.63, 3.8) is 0 Å². The lowest BCUT2D eigenvalue weighted by Gasteiger charge is -2.22. The lowest BCUT2D eigenvalue weighted by molar-refractivity contribution is -0.00144. The Kier molecular flexibility index (Phi) is 4.56. The van der Waals surface area contributed by atoms with Crippen molar-refractivity contribution < 1.29 is 19.7 Å². The van der Waals surface area contributed by atoms with E-state index in [2.05, 4.69) is 4.74 Å². The first-order chi connectivity index (χ1) is 5.13. The number of nitrogens with zero attached hydrogens (tertiary/aromatic N) is 1. The fourth-order valence-corrected chi connectivity index (χ4v) is 0.570. The van der Waals surface area contributed by atoms with Crippen LogP contribution in [-0.2, 0) is 4.74 Å². The highest BCUT2D eigenvalue weighted by atomic mass is 16.6. The first kappa shape index (κ1) is 10.2. The fraction of sp³-hybridized carbons (Fsp3) is 0.833. The van der Waals surface area contributed by atoms with Crippen LogP contribution in [0.1, 0.15) is 13.8 Å². The molecule has 0 heterocycles. The summed E-state index contributed by atoms with van der Waals surface area (Å²) in [5.74, 6) is 0. The zero-order valence-corrected chi connectivity index (χ0v) is 6.65. The third-order valence-electron chi connectivity index (χ3n) is 1.20. The molecular formula is C6H13NO4. The zero-order chi connectivity index (χ0) is 8.85. The van der Waals surface area contributed by atoms with E-state index in [0.29, 0.717) is 0 Å². The summed E-state index contributed by atoms with van der Waals surface area (Å²) in [6.07, 6.45) is -0.718. The molecule has 0 bridgehead atoms. The molecule has 0 aliphatic heterocycles. The molecule has 0 saturated heterocycles. The van der Waals surface area contributed by atoms with Crippen LogP contribution in [0.2, 0.25) is 0 Å². The maximum absolute atomic E-state index is 10.8. The average molecular weight is 163 g/mol. The number of ether oxygens (including phenoxy) is 1. The highest BCUT2D eigenvalue weighted by molar-refractivity contribution is 5.67. The average Bonchev–Trinajstić information content (AvgIpc) is 1.88. The van der Waals surface area contributed by atoms with Gasteiger partial charge in [0.2, 0.25) is 0 Å². The standard InChI is InChI=1S/C6H13NO4/c1-5(2)7(3-8)6(10)11-4-9/h5,8-9H,3-4H2,1-2H3. The monoisotopic (exact) mass is 163 g/mol. The third kappa shape index (κ3) is 3.20. The normalized spacial score (nSPS) is 9.91. The summed E-state index contributed by atoms with van der Waals surface area (Å²) in [5, 5.41) is 16.8. The van der Waals surface area contributed by atoms with E-state index in [-0.39, 0.29) is 6.04 Å². The molecule has 0 aliphatic rings. The Morgan fingerprint density at radius 3 is 2.36 bits per heavy atom. The lowest BCUT2D eigenvalue weighted by atomic mass is 10.4. The van der Waals surface area contributed by atoms with Crippen LogP contribution in [0.25, 0.3) is 0 Å². The number of rotatable bonds is 3. The lowest BCUT2D eigenvalue weighted by Crippen LogP contribution is -2.38. The van der Waals surface area contributed by atoms with Gasteiger partial charge in [-0.2, -0.15) is 0 Å². The molecule has 0 fully saturated rings. The maximum atomic E-state index is 10.8. The Labute approximate surface area is 65.2 Å². The SMILES string of the molecule is CC(C)N(CO)C(=O)OCO. The Bertz CT molecular complexity index is 126. The Morgan fingerprint density at radius 1 is 1.55 bits per heavy atom. The molecule has 66 valence electrons. The number of aliphatic hydroxyl groups excluding tert-OH is 2. The van der Waals surface area contributed by atoms with Gasteiger partial charge in [0.15, 0.2) is 6.79 Å². The van der Waals surface area contributed by atoms with Gasteiger partial charge in [0.05, 0.1) is 0 Å². The highest BCUT2D eigenvalue weighted by Crippen LogP contribution is 1.98. The van der Waals surface area contributed by atoms with Crippen molar-refractivity contribution >= 4 is 6.09 Å². The van der Waals surface area contributed by atoms with Crippen molar-refractivity contribution in [2.45, 2.75) is 19.9 Å². The third-order valence-corrected chi connectivity index (χ3v) is 1.20. The van der Waals surface area contributed by atoms with E-state index in [1.54, 1.807) is 13.8 Å². The highest BCUT2D eigenvalue weighted by Gasteiger charge is 2.16. The van der Waals surface area contributed by atoms with Gasteiger partial charge in [0, 0.05) is 6.04 Å². The van der Waals surface area contributed by atoms with Gasteiger partial charge in [-0.05, 0) is 13.8 Å².